The molecule has 2 heterocycles. The summed E-state index contributed by atoms with van der Waals surface area (Å²) >= 11 is 12.4. The van der Waals surface area contributed by atoms with Crippen LogP contribution >= 0.6 is 23.2 Å². The van der Waals surface area contributed by atoms with Gasteiger partial charge in [0.25, 0.3) is 0 Å². The summed E-state index contributed by atoms with van der Waals surface area (Å²) in [6.45, 7) is 5.32. The molecule has 2 aromatic heterocycles. The predicted molar refractivity (Wildman–Crippen MR) is 120 cm³/mol. The average molecular weight is 441 g/mol. The van der Waals surface area contributed by atoms with E-state index in [9.17, 15) is 4.79 Å². The van der Waals surface area contributed by atoms with Crippen LogP contribution in [0.15, 0.2) is 42.5 Å². The number of aromatic nitrogens is 4. The number of aryl methyl sites for hydroxylation is 2. The average Bonchev–Trinajstić information content (AvgIpc) is 3.00. The van der Waals surface area contributed by atoms with E-state index in [1.54, 1.807) is 16.8 Å². The van der Waals surface area contributed by atoms with Crippen molar-refractivity contribution in [1.82, 2.24) is 19.7 Å². The Kier molecular flexibility index (Phi) is 5.32. The molecule has 0 aliphatic heterocycles. The van der Waals surface area contributed by atoms with Crippen LogP contribution in [0.2, 0.25) is 10.0 Å². The number of amides is 1. The molecule has 0 atom stereocenters. The predicted octanol–water partition coefficient (Wildman–Crippen LogP) is 5.44. The number of anilines is 3. The van der Waals surface area contributed by atoms with Gasteiger partial charge < -0.3 is 10.6 Å². The SMILES string of the molecule is CC(=O)Nc1cccc(Nc2nc3cc(Cl)c(Cl)cc3nc2-n2nc(C)cc2C)c1. The Morgan fingerprint density at radius 3 is 2.27 bits per heavy atom. The zero-order valence-electron chi connectivity index (χ0n) is 16.5. The maximum atomic E-state index is 11.4. The molecule has 1 amide bonds. The van der Waals surface area contributed by atoms with Crippen LogP contribution in [0.1, 0.15) is 18.3 Å². The summed E-state index contributed by atoms with van der Waals surface area (Å²) in [6, 6.07) is 12.6. The Morgan fingerprint density at radius 2 is 1.63 bits per heavy atom. The van der Waals surface area contributed by atoms with Crippen molar-refractivity contribution >= 4 is 57.3 Å². The number of hydrogen-bond acceptors (Lipinski definition) is 5. The van der Waals surface area contributed by atoms with Gasteiger partial charge in [-0.2, -0.15) is 5.10 Å². The van der Waals surface area contributed by atoms with Crippen molar-refractivity contribution in [2.24, 2.45) is 0 Å². The minimum absolute atomic E-state index is 0.146. The van der Waals surface area contributed by atoms with Gasteiger partial charge in [0.05, 0.1) is 26.8 Å². The first kappa shape index (κ1) is 20.1. The number of benzene rings is 2. The summed E-state index contributed by atoms with van der Waals surface area (Å²) < 4.78 is 1.73. The van der Waals surface area contributed by atoms with E-state index in [-0.39, 0.29) is 5.91 Å². The maximum Gasteiger partial charge on any atom is 0.221 e. The van der Waals surface area contributed by atoms with Gasteiger partial charge in [-0.05, 0) is 50.2 Å². The lowest BCUT2D eigenvalue weighted by atomic mass is 10.2. The zero-order chi connectivity index (χ0) is 21.4. The first-order chi connectivity index (χ1) is 14.3. The van der Waals surface area contributed by atoms with Crippen molar-refractivity contribution in [3.05, 3.63) is 63.9 Å². The molecule has 2 aromatic carbocycles. The second-order valence-corrected chi connectivity index (χ2v) is 7.69. The van der Waals surface area contributed by atoms with Crippen LogP contribution in [-0.4, -0.2) is 25.7 Å². The summed E-state index contributed by atoms with van der Waals surface area (Å²) in [4.78, 5) is 20.9. The lowest BCUT2D eigenvalue weighted by molar-refractivity contribution is -0.114. The minimum Gasteiger partial charge on any atom is -0.337 e. The van der Waals surface area contributed by atoms with Gasteiger partial charge in [0.15, 0.2) is 11.6 Å². The summed E-state index contributed by atoms with van der Waals surface area (Å²) in [7, 11) is 0. The number of carbonyl (C=O) groups is 1. The van der Waals surface area contributed by atoms with Gasteiger partial charge in [-0.15, -0.1) is 0 Å². The molecule has 0 aliphatic carbocycles. The van der Waals surface area contributed by atoms with Gasteiger partial charge in [0.2, 0.25) is 5.91 Å². The monoisotopic (exact) mass is 440 g/mol. The second-order valence-electron chi connectivity index (χ2n) is 6.88. The van der Waals surface area contributed by atoms with Gasteiger partial charge in [-0.3, -0.25) is 4.79 Å². The highest BCUT2D eigenvalue weighted by atomic mass is 35.5. The molecule has 7 nitrogen and oxygen atoms in total. The molecule has 2 N–H and O–H groups in total. The minimum atomic E-state index is -0.146. The summed E-state index contributed by atoms with van der Waals surface area (Å²) in [5.41, 5.74) is 4.37. The molecule has 30 heavy (non-hydrogen) atoms. The molecule has 0 aliphatic rings. The Hall–Kier alpha value is -3.16. The van der Waals surface area contributed by atoms with E-state index in [2.05, 4.69) is 15.7 Å². The molecule has 0 fully saturated rings. The molecule has 0 saturated heterocycles. The lowest BCUT2D eigenvalue weighted by Crippen LogP contribution is -2.09. The smallest absolute Gasteiger partial charge is 0.221 e. The molecular formula is C21H18Cl2N6O. The van der Waals surface area contributed by atoms with E-state index in [1.807, 2.05) is 44.2 Å². The Morgan fingerprint density at radius 1 is 0.967 bits per heavy atom. The zero-order valence-corrected chi connectivity index (χ0v) is 18.0. The van der Waals surface area contributed by atoms with Gasteiger partial charge in [0.1, 0.15) is 0 Å². The highest BCUT2D eigenvalue weighted by Crippen LogP contribution is 2.30. The third-order valence-corrected chi connectivity index (χ3v) is 5.07. The molecular weight excluding hydrogens is 423 g/mol. The van der Waals surface area contributed by atoms with Crippen molar-refractivity contribution in [2.45, 2.75) is 20.8 Å². The molecule has 0 bridgehead atoms. The second kappa shape index (κ2) is 7.93. The van der Waals surface area contributed by atoms with Crippen LogP contribution < -0.4 is 10.6 Å². The topological polar surface area (TPSA) is 84.7 Å². The molecule has 0 radical (unpaired) electrons. The summed E-state index contributed by atoms with van der Waals surface area (Å²) in [5.74, 6) is 0.871. The largest absolute Gasteiger partial charge is 0.337 e. The van der Waals surface area contributed by atoms with Crippen molar-refractivity contribution in [3.8, 4) is 5.82 Å². The van der Waals surface area contributed by atoms with Crippen molar-refractivity contribution in [3.63, 3.8) is 0 Å². The van der Waals surface area contributed by atoms with Crippen LogP contribution in [0.25, 0.3) is 16.9 Å². The van der Waals surface area contributed by atoms with E-state index >= 15 is 0 Å². The number of carbonyl (C=O) groups excluding carboxylic acids is 1. The number of fused-ring (bicyclic) bond motifs is 1. The number of hydrogen-bond donors (Lipinski definition) is 2. The number of nitrogens with one attached hydrogen (secondary N) is 2. The first-order valence-corrected chi connectivity index (χ1v) is 9.91. The fourth-order valence-corrected chi connectivity index (χ4v) is 3.45. The molecule has 152 valence electrons. The van der Waals surface area contributed by atoms with Crippen LogP contribution in [0, 0.1) is 13.8 Å². The molecule has 9 heteroatoms. The normalized spacial score (nSPS) is 11.0. The Bertz CT molecular complexity index is 1280. The van der Waals surface area contributed by atoms with Crippen LogP contribution in [-0.2, 0) is 4.79 Å². The number of nitrogens with zero attached hydrogens (tertiary/aromatic N) is 4. The van der Waals surface area contributed by atoms with Crippen molar-refractivity contribution in [1.29, 1.82) is 0 Å². The van der Waals surface area contributed by atoms with Crippen LogP contribution in [0.3, 0.4) is 0 Å². The molecule has 0 saturated carbocycles. The Labute approximate surface area is 183 Å². The number of rotatable bonds is 4. The first-order valence-electron chi connectivity index (χ1n) is 9.15. The lowest BCUT2D eigenvalue weighted by Gasteiger charge is -2.14. The summed E-state index contributed by atoms with van der Waals surface area (Å²) in [6.07, 6.45) is 0. The van der Waals surface area contributed by atoms with E-state index < -0.39 is 0 Å². The van der Waals surface area contributed by atoms with Crippen molar-refractivity contribution < 1.29 is 4.79 Å². The van der Waals surface area contributed by atoms with Gasteiger partial charge in [-0.25, -0.2) is 14.6 Å². The van der Waals surface area contributed by atoms with Crippen LogP contribution in [0.4, 0.5) is 17.2 Å². The Balaban J connectivity index is 1.86. The quantitative estimate of drug-likeness (QED) is 0.441. The van der Waals surface area contributed by atoms with E-state index in [0.29, 0.717) is 38.4 Å². The number of halogens is 2. The van der Waals surface area contributed by atoms with Crippen LogP contribution in [0.5, 0.6) is 0 Å². The molecule has 0 spiro atoms. The fraction of sp³-hybridized carbons (Fsp3) is 0.143. The highest BCUT2D eigenvalue weighted by Gasteiger charge is 2.16. The van der Waals surface area contributed by atoms with E-state index in [1.165, 1.54) is 6.92 Å². The molecule has 0 unspecified atom stereocenters. The highest BCUT2D eigenvalue weighted by molar-refractivity contribution is 6.42. The van der Waals surface area contributed by atoms with E-state index in [4.69, 9.17) is 33.2 Å². The standard InChI is InChI=1S/C21H18Cl2N6O/c1-11-7-12(2)29(28-11)21-20(25-15-6-4-5-14(8-15)24-13(3)30)26-18-9-16(22)17(23)10-19(18)27-21/h4-10H,1-3H3,(H,24,30)(H,25,26). The van der Waals surface area contributed by atoms with Crippen molar-refractivity contribution in [2.75, 3.05) is 10.6 Å². The van der Waals surface area contributed by atoms with E-state index in [0.717, 1.165) is 17.1 Å². The third-order valence-electron chi connectivity index (χ3n) is 4.34. The van der Waals surface area contributed by atoms with Gasteiger partial charge in [0, 0.05) is 24.0 Å². The fourth-order valence-electron chi connectivity index (χ4n) is 3.13. The maximum absolute atomic E-state index is 11.4. The third kappa shape index (κ3) is 4.08. The molecule has 4 rings (SSSR count). The summed E-state index contributed by atoms with van der Waals surface area (Å²) in [5, 5.41) is 11.4. The molecule has 4 aromatic rings. The van der Waals surface area contributed by atoms with Gasteiger partial charge >= 0.3 is 0 Å². The van der Waals surface area contributed by atoms with Gasteiger partial charge in [-0.1, -0.05) is 29.3 Å².